The molecule has 1 aromatic rings. The molecule has 0 bridgehead atoms. The fourth-order valence-corrected chi connectivity index (χ4v) is 2.58. The molecule has 2 heterocycles. The summed E-state index contributed by atoms with van der Waals surface area (Å²) in [4.78, 5) is 6.62. The number of guanidine groups is 1. The van der Waals surface area contributed by atoms with Crippen LogP contribution >= 0.6 is 24.0 Å². The van der Waals surface area contributed by atoms with Crippen LogP contribution in [0.3, 0.4) is 0 Å². The number of nitrogens with one attached hydrogen (secondary N) is 1. The number of aliphatic imine (C=N–C) groups is 1. The van der Waals surface area contributed by atoms with Crippen molar-refractivity contribution in [3.63, 3.8) is 0 Å². The van der Waals surface area contributed by atoms with Crippen LogP contribution in [-0.4, -0.2) is 49.9 Å². The van der Waals surface area contributed by atoms with E-state index in [1.807, 2.05) is 13.1 Å². The van der Waals surface area contributed by atoms with Gasteiger partial charge < -0.3 is 19.5 Å². The van der Waals surface area contributed by atoms with Gasteiger partial charge in [-0.15, -0.1) is 24.0 Å². The minimum absolute atomic E-state index is 0. The van der Waals surface area contributed by atoms with Gasteiger partial charge in [0, 0.05) is 39.2 Å². The van der Waals surface area contributed by atoms with Gasteiger partial charge in [0.1, 0.15) is 0 Å². The Morgan fingerprint density at radius 2 is 2.36 bits per heavy atom. The van der Waals surface area contributed by atoms with Gasteiger partial charge in [-0.1, -0.05) is 19.0 Å². The van der Waals surface area contributed by atoms with Crippen molar-refractivity contribution in [2.45, 2.75) is 32.7 Å². The molecule has 6 nitrogen and oxygen atoms in total. The van der Waals surface area contributed by atoms with E-state index in [9.17, 15) is 0 Å². The average Bonchev–Trinajstić information content (AvgIpc) is 3.09. The third-order valence-electron chi connectivity index (χ3n) is 3.79. The van der Waals surface area contributed by atoms with E-state index in [0.717, 1.165) is 43.5 Å². The van der Waals surface area contributed by atoms with E-state index < -0.39 is 0 Å². The molecule has 126 valence electrons. The number of hydrogen-bond acceptors (Lipinski definition) is 4. The summed E-state index contributed by atoms with van der Waals surface area (Å²) < 4.78 is 10.6. The van der Waals surface area contributed by atoms with Crippen LogP contribution in [0.15, 0.2) is 15.6 Å². The molecule has 2 rings (SSSR count). The Bertz CT molecular complexity index is 476. The van der Waals surface area contributed by atoms with Crippen LogP contribution in [0.2, 0.25) is 0 Å². The highest BCUT2D eigenvalue weighted by Crippen LogP contribution is 2.17. The van der Waals surface area contributed by atoms with Gasteiger partial charge in [-0.3, -0.25) is 4.99 Å². The van der Waals surface area contributed by atoms with Gasteiger partial charge in [0.05, 0.1) is 18.8 Å². The van der Waals surface area contributed by atoms with E-state index >= 15 is 0 Å². The zero-order valence-electron chi connectivity index (χ0n) is 13.8. The minimum atomic E-state index is 0. The molecule has 7 heteroatoms. The number of likely N-dealkylation sites (tertiary alicyclic amines) is 1. The van der Waals surface area contributed by atoms with Gasteiger partial charge in [-0.05, 0) is 12.3 Å². The first-order chi connectivity index (χ1) is 10.1. The topological polar surface area (TPSA) is 62.9 Å². The van der Waals surface area contributed by atoms with Gasteiger partial charge >= 0.3 is 0 Å². The van der Waals surface area contributed by atoms with Crippen LogP contribution in [0, 0.1) is 5.92 Å². The van der Waals surface area contributed by atoms with E-state index in [-0.39, 0.29) is 24.0 Å². The molecule has 0 amide bonds. The molecular weight excluding hydrogens is 395 g/mol. The molecule has 1 unspecified atom stereocenters. The summed E-state index contributed by atoms with van der Waals surface area (Å²) >= 11 is 0. The molecule has 0 aliphatic carbocycles. The molecule has 0 radical (unpaired) electrons. The normalized spacial score (nSPS) is 18.7. The fraction of sp³-hybridized carbons (Fsp3) is 0.733. The molecule has 1 aliphatic heterocycles. The number of ether oxygens (including phenoxy) is 1. The summed E-state index contributed by atoms with van der Waals surface area (Å²) in [6.45, 7) is 7.63. The van der Waals surface area contributed by atoms with E-state index in [1.54, 1.807) is 7.11 Å². The fourth-order valence-electron chi connectivity index (χ4n) is 2.58. The largest absolute Gasteiger partial charge is 0.384 e. The quantitative estimate of drug-likeness (QED) is 0.449. The predicted octanol–water partition coefficient (Wildman–Crippen LogP) is 2.46. The van der Waals surface area contributed by atoms with Crippen LogP contribution < -0.4 is 5.32 Å². The van der Waals surface area contributed by atoms with Crippen molar-refractivity contribution in [2.24, 2.45) is 10.9 Å². The molecule has 1 aliphatic rings. The standard InChI is InChI=1S/C15H26N4O2.HI/c1-11(2)14-7-13(21-18-14)8-17-15(16-3)19-6-5-12(9-19)10-20-4;/h7,11-12H,5-6,8-10H2,1-4H3,(H,16,17);1H. The molecule has 1 saturated heterocycles. The second kappa shape index (κ2) is 9.34. The zero-order valence-corrected chi connectivity index (χ0v) is 16.2. The predicted molar refractivity (Wildman–Crippen MR) is 97.8 cm³/mol. The summed E-state index contributed by atoms with van der Waals surface area (Å²) in [6.07, 6.45) is 1.15. The van der Waals surface area contributed by atoms with Gasteiger partial charge in [0.25, 0.3) is 0 Å². The number of methoxy groups -OCH3 is 1. The van der Waals surface area contributed by atoms with Crippen molar-refractivity contribution < 1.29 is 9.26 Å². The number of hydrogen-bond donors (Lipinski definition) is 1. The van der Waals surface area contributed by atoms with E-state index in [0.29, 0.717) is 18.4 Å². The van der Waals surface area contributed by atoms with Gasteiger partial charge in [-0.25, -0.2) is 0 Å². The van der Waals surface area contributed by atoms with Gasteiger partial charge in [0.15, 0.2) is 11.7 Å². The maximum Gasteiger partial charge on any atom is 0.194 e. The number of aromatic nitrogens is 1. The number of halogens is 1. The van der Waals surface area contributed by atoms with Crippen molar-refractivity contribution in [1.82, 2.24) is 15.4 Å². The molecule has 1 aromatic heterocycles. The Morgan fingerprint density at radius 1 is 1.59 bits per heavy atom. The first-order valence-corrected chi connectivity index (χ1v) is 7.54. The number of rotatable bonds is 5. The van der Waals surface area contributed by atoms with Gasteiger partial charge in [0.2, 0.25) is 0 Å². The monoisotopic (exact) mass is 422 g/mol. The van der Waals surface area contributed by atoms with Crippen molar-refractivity contribution in [2.75, 3.05) is 33.9 Å². The summed E-state index contributed by atoms with van der Waals surface area (Å²) in [6, 6.07) is 2.00. The Morgan fingerprint density at radius 3 is 2.95 bits per heavy atom. The zero-order chi connectivity index (χ0) is 15.2. The second-order valence-corrected chi connectivity index (χ2v) is 5.83. The molecule has 1 atom stereocenters. The summed E-state index contributed by atoms with van der Waals surface area (Å²) in [7, 11) is 3.57. The maximum absolute atomic E-state index is 5.34. The van der Waals surface area contributed by atoms with Crippen LogP contribution in [0.5, 0.6) is 0 Å². The Kier molecular flexibility index (Phi) is 8.16. The lowest BCUT2D eigenvalue weighted by Crippen LogP contribution is -2.39. The van der Waals surface area contributed by atoms with Crippen molar-refractivity contribution >= 4 is 29.9 Å². The van der Waals surface area contributed by atoms with E-state index in [1.165, 1.54) is 0 Å². The molecule has 1 N–H and O–H groups in total. The van der Waals surface area contributed by atoms with Crippen LogP contribution in [0.4, 0.5) is 0 Å². The molecule has 22 heavy (non-hydrogen) atoms. The highest BCUT2D eigenvalue weighted by atomic mass is 127. The van der Waals surface area contributed by atoms with Crippen molar-refractivity contribution in [3.8, 4) is 0 Å². The minimum Gasteiger partial charge on any atom is -0.384 e. The second-order valence-electron chi connectivity index (χ2n) is 5.83. The lowest BCUT2D eigenvalue weighted by atomic mass is 10.1. The molecule has 1 fully saturated rings. The highest BCUT2D eigenvalue weighted by molar-refractivity contribution is 14.0. The summed E-state index contributed by atoms with van der Waals surface area (Å²) in [5.41, 5.74) is 0.989. The lowest BCUT2D eigenvalue weighted by Gasteiger charge is -2.21. The molecule has 0 aromatic carbocycles. The smallest absolute Gasteiger partial charge is 0.194 e. The third kappa shape index (κ3) is 5.12. The summed E-state index contributed by atoms with van der Waals surface area (Å²) in [5.74, 6) is 2.73. The van der Waals surface area contributed by atoms with Crippen molar-refractivity contribution in [1.29, 1.82) is 0 Å². The Labute approximate surface area is 149 Å². The van der Waals surface area contributed by atoms with E-state index in [2.05, 4.69) is 34.2 Å². The summed E-state index contributed by atoms with van der Waals surface area (Å²) in [5, 5.41) is 7.41. The molecule has 0 saturated carbocycles. The van der Waals surface area contributed by atoms with Crippen LogP contribution in [0.25, 0.3) is 0 Å². The third-order valence-corrected chi connectivity index (χ3v) is 3.79. The van der Waals surface area contributed by atoms with Crippen LogP contribution in [-0.2, 0) is 11.3 Å². The number of nitrogens with zero attached hydrogens (tertiary/aromatic N) is 3. The Balaban J connectivity index is 0.00000242. The Hall–Kier alpha value is -0.830. The van der Waals surface area contributed by atoms with E-state index in [4.69, 9.17) is 9.26 Å². The first kappa shape index (κ1) is 19.2. The van der Waals surface area contributed by atoms with Crippen molar-refractivity contribution in [3.05, 3.63) is 17.5 Å². The highest BCUT2D eigenvalue weighted by Gasteiger charge is 2.24. The lowest BCUT2D eigenvalue weighted by molar-refractivity contribution is 0.157. The first-order valence-electron chi connectivity index (χ1n) is 7.54. The molecule has 0 spiro atoms. The van der Waals surface area contributed by atoms with Gasteiger partial charge in [-0.2, -0.15) is 0 Å². The maximum atomic E-state index is 5.34. The van der Waals surface area contributed by atoms with Crippen LogP contribution in [0.1, 0.15) is 37.6 Å². The average molecular weight is 422 g/mol. The molecular formula is C15H27IN4O2. The SMILES string of the molecule is CN=C(NCc1cc(C(C)C)no1)N1CCC(COC)C1.I.